The summed E-state index contributed by atoms with van der Waals surface area (Å²) in [6, 6.07) is 3.59. The van der Waals surface area contributed by atoms with Crippen molar-refractivity contribution in [1.29, 1.82) is 0 Å². The monoisotopic (exact) mass is 265 g/mol. The number of hydrogen-bond donors (Lipinski definition) is 2. The van der Waals surface area contributed by atoms with Gasteiger partial charge in [-0.3, -0.25) is 0 Å². The normalized spacial score (nSPS) is 10.6. The van der Waals surface area contributed by atoms with Crippen LogP contribution in [0.3, 0.4) is 0 Å². The molecule has 0 saturated heterocycles. The molecule has 0 aliphatic rings. The summed E-state index contributed by atoms with van der Waals surface area (Å²) in [5.74, 6) is -0.350. The zero-order valence-electron chi connectivity index (χ0n) is 10.3. The van der Waals surface area contributed by atoms with Crippen LogP contribution in [0.15, 0.2) is 18.3 Å². The van der Waals surface area contributed by atoms with Crippen molar-refractivity contribution < 1.29 is 9.53 Å². The van der Waals surface area contributed by atoms with Gasteiger partial charge < -0.3 is 15.0 Å². The van der Waals surface area contributed by atoms with Gasteiger partial charge in [0.2, 0.25) is 0 Å². The number of carbonyl (C=O) groups excluding carboxylic acids is 1. The number of hydrogen-bond acceptors (Lipinski definition) is 5. The molecule has 2 rings (SSSR count). The number of H-pyrrole nitrogens is 1. The van der Waals surface area contributed by atoms with Crippen LogP contribution < -0.4 is 5.32 Å². The number of aryl methyl sites for hydroxylation is 1. The zero-order valence-corrected chi connectivity index (χ0v) is 11.1. The number of carbonyl (C=O) groups is 1. The van der Waals surface area contributed by atoms with Gasteiger partial charge in [-0.25, -0.2) is 9.78 Å². The molecule has 0 unspecified atom stereocenters. The standard InChI is InChI=1S/C12H15N3O2S/c1-8-5-14-11(18-8)7-13-6-9-3-4-10(15-9)12(16)17-2/h3-5,13,15H,6-7H2,1-2H3. The maximum Gasteiger partial charge on any atom is 0.354 e. The number of aromatic nitrogens is 2. The molecule has 2 N–H and O–H groups in total. The summed E-state index contributed by atoms with van der Waals surface area (Å²) in [4.78, 5) is 19.7. The molecule has 18 heavy (non-hydrogen) atoms. The van der Waals surface area contributed by atoms with Crippen LogP contribution >= 0.6 is 11.3 Å². The first-order valence-corrected chi connectivity index (χ1v) is 6.39. The van der Waals surface area contributed by atoms with Crippen LogP contribution in [0, 0.1) is 6.92 Å². The fourth-order valence-corrected chi connectivity index (χ4v) is 2.32. The van der Waals surface area contributed by atoms with Gasteiger partial charge in [0.25, 0.3) is 0 Å². The molecule has 0 bridgehead atoms. The van der Waals surface area contributed by atoms with Gasteiger partial charge in [0.15, 0.2) is 0 Å². The first kappa shape index (κ1) is 12.8. The third-order valence-corrected chi connectivity index (χ3v) is 3.33. The van der Waals surface area contributed by atoms with E-state index in [2.05, 4.69) is 20.0 Å². The average Bonchev–Trinajstić information content (AvgIpc) is 2.98. The molecule has 0 saturated carbocycles. The van der Waals surface area contributed by atoms with E-state index >= 15 is 0 Å². The van der Waals surface area contributed by atoms with Gasteiger partial charge in [0.05, 0.1) is 7.11 Å². The number of nitrogens with one attached hydrogen (secondary N) is 2. The summed E-state index contributed by atoms with van der Waals surface area (Å²) < 4.78 is 4.63. The minimum atomic E-state index is -0.350. The van der Waals surface area contributed by atoms with Gasteiger partial charge in [-0.15, -0.1) is 11.3 Å². The summed E-state index contributed by atoms with van der Waals surface area (Å²) in [5.41, 5.74) is 1.42. The molecule has 6 heteroatoms. The Hall–Kier alpha value is -1.66. The van der Waals surface area contributed by atoms with Crippen LogP contribution in [0.5, 0.6) is 0 Å². The van der Waals surface area contributed by atoms with E-state index in [4.69, 9.17) is 0 Å². The summed E-state index contributed by atoms with van der Waals surface area (Å²) >= 11 is 1.68. The van der Waals surface area contributed by atoms with Crippen LogP contribution in [0.25, 0.3) is 0 Å². The molecule has 2 aromatic heterocycles. The van der Waals surface area contributed by atoms with Gasteiger partial charge in [-0.1, -0.05) is 0 Å². The molecule has 0 amide bonds. The van der Waals surface area contributed by atoms with Crippen molar-refractivity contribution in [3.8, 4) is 0 Å². The first-order chi connectivity index (χ1) is 8.69. The summed E-state index contributed by atoms with van der Waals surface area (Å²) in [6.45, 7) is 3.43. The van der Waals surface area contributed by atoms with Gasteiger partial charge in [0.1, 0.15) is 10.7 Å². The highest BCUT2D eigenvalue weighted by molar-refractivity contribution is 7.11. The lowest BCUT2D eigenvalue weighted by molar-refractivity contribution is 0.0594. The lowest BCUT2D eigenvalue weighted by Crippen LogP contribution is -2.13. The van der Waals surface area contributed by atoms with Crippen molar-refractivity contribution in [2.75, 3.05) is 7.11 Å². The predicted octanol–water partition coefficient (Wildman–Crippen LogP) is 1.86. The Kier molecular flexibility index (Phi) is 4.11. The smallest absolute Gasteiger partial charge is 0.354 e. The minimum Gasteiger partial charge on any atom is -0.464 e. The molecule has 0 aliphatic carbocycles. The molecular formula is C12H15N3O2S. The summed E-state index contributed by atoms with van der Waals surface area (Å²) in [6.07, 6.45) is 1.87. The van der Waals surface area contributed by atoms with Crippen molar-refractivity contribution in [3.05, 3.63) is 39.6 Å². The number of thiazole rings is 1. The third kappa shape index (κ3) is 3.18. The first-order valence-electron chi connectivity index (χ1n) is 5.57. The number of ether oxygens (including phenoxy) is 1. The van der Waals surface area contributed by atoms with Crippen LogP contribution in [-0.2, 0) is 17.8 Å². The van der Waals surface area contributed by atoms with Crippen molar-refractivity contribution >= 4 is 17.3 Å². The van der Waals surface area contributed by atoms with Crippen LogP contribution in [0.2, 0.25) is 0 Å². The summed E-state index contributed by atoms with van der Waals surface area (Å²) in [7, 11) is 1.37. The van der Waals surface area contributed by atoms with Gasteiger partial charge >= 0.3 is 5.97 Å². The van der Waals surface area contributed by atoms with Crippen molar-refractivity contribution in [3.63, 3.8) is 0 Å². The van der Waals surface area contributed by atoms with E-state index in [-0.39, 0.29) is 5.97 Å². The second-order valence-electron chi connectivity index (χ2n) is 3.86. The molecule has 0 aromatic carbocycles. The number of methoxy groups -OCH3 is 1. The molecule has 5 nitrogen and oxygen atoms in total. The number of esters is 1. The fraction of sp³-hybridized carbons (Fsp3) is 0.333. The lowest BCUT2D eigenvalue weighted by atomic mass is 10.4. The summed E-state index contributed by atoms with van der Waals surface area (Å²) in [5, 5.41) is 4.33. The predicted molar refractivity (Wildman–Crippen MR) is 69.5 cm³/mol. The van der Waals surface area contributed by atoms with E-state index < -0.39 is 0 Å². The molecule has 0 radical (unpaired) electrons. The molecule has 0 atom stereocenters. The number of nitrogens with zero attached hydrogens (tertiary/aromatic N) is 1. The van der Waals surface area contributed by atoms with E-state index in [9.17, 15) is 4.79 Å². The second-order valence-corrected chi connectivity index (χ2v) is 5.18. The highest BCUT2D eigenvalue weighted by Gasteiger charge is 2.07. The Morgan fingerprint density at radius 2 is 2.33 bits per heavy atom. The Morgan fingerprint density at radius 3 is 3.00 bits per heavy atom. The molecule has 2 heterocycles. The van der Waals surface area contributed by atoms with Gasteiger partial charge in [0, 0.05) is 29.9 Å². The topological polar surface area (TPSA) is 67.0 Å². The highest BCUT2D eigenvalue weighted by Crippen LogP contribution is 2.10. The number of aromatic amines is 1. The van der Waals surface area contributed by atoms with Gasteiger partial charge in [-0.05, 0) is 19.1 Å². The molecule has 2 aromatic rings. The SMILES string of the molecule is COC(=O)c1ccc(CNCc2ncc(C)s2)[nH]1. The molecular weight excluding hydrogens is 250 g/mol. The minimum absolute atomic E-state index is 0.350. The van der Waals surface area contributed by atoms with Crippen molar-refractivity contribution in [1.82, 2.24) is 15.3 Å². The zero-order chi connectivity index (χ0) is 13.0. The van der Waals surface area contributed by atoms with E-state index in [0.717, 1.165) is 17.2 Å². The third-order valence-electron chi connectivity index (χ3n) is 2.41. The highest BCUT2D eigenvalue weighted by atomic mass is 32.1. The van der Waals surface area contributed by atoms with E-state index in [0.29, 0.717) is 12.2 Å². The van der Waals surface area contributed by atoms with Crippen LogP contribution in [-0.4, -0.2) is 23.0 Å². The molecule has 96 valence electrons. The van der Waals surface area contributed by atoms with E-state index in [1.807, 2.05) is 19.2 Å². The van der Waals surface area contributed by atoms with Crippen molar-refractivity contribution in [2.24, 2.45) is 0 Å². The fourth-order valence-electron chi connectivity index (χ4n) is 1.56. The largest absolute Gasteiger partial charge is 0.464 e. The van der Waals surface area contributed by atoms with E-state index in [1.165, 1.54) is 12.0 Å². The average molecular weight is 265 g/mol. The molecule has 0 spiro atoms. The number of rotatable bonds is 5. The lowest BCUT2D eigenvalue weighted by Gasteiger charge is -2.00. The molecule has 0 fully saturated rings. The maximum absolute atomic E-state index is 11.2. The Labute approximate surface area is 109 Å². The van der Waals surface area contributed by atoms with Crippen LogP contribution in [0.1, 0.15) is 26.1 Å². The maximum atomic E-state index is 11.2. The second kappa shape index (κ2) is 5.79. The van der Waals surface area contributed by atoms with Crippen molar-refractivity contribution in [2.45, 2.75) is 20.0 Å². The van der Waals surface area contributed by atoms with Gasteiger partial charge in [-0.2, -0.15) is 0 Å². The quantitative estimate of drug-likeness (QED) is 0.810. The van der Waals surface area contributed by atoms with E-state index in [1.54, 1.807) is 17.4 Å². The Balaban J connectivity index is 1.83. The Bertz CT molecular complexity index is 533. The van der Waals surface area contributed by atoms with Crippen LogP contribution in [0.4, 0.5) is 0 Å². The molecule has 0 aliphatic heterocycles. The Morgan fingerprint density at radius 1 is 1.50 bits per heavy atom.